The SMILES string of the molecule is CC(CC#N)N(C)c1ncnc2c1CCCCC2. The molecule has 0 saturated heterocycles. The second-order valence-electron chi connectivity index (χ2n) is 5.01. The lowest BCUT2D eigenvalue weighted by molar-refractivity contribution is 0.683. The summed E-state index contributed by atoms with van der Waals surface area (Å²) in [5.74, 6) is 1.02. The summed E-state index contributed by atoms with van der Waals surface area (Å²) in [5.41, 5.74) is 2.50. The normalized spacial score (nSPS) is 16.3. The van der Waals surface area contributed by atoms with E-state index in [1.54, 1.807) is 6.33 Å². The number of hydrogen-bond donors (Lipinski definition) is 0. The molecule has 0 aromatic carbocycles. The van der Waals surface area contributed by atoms with E-state index in [4.69, 9.17) is 5.26 Å². The number of rotatable bonds is 3. The van der Waals surface area contributed by atoms with Crippen LogP contribution in [-0.2, 0) is 12.8 Å². The molecule has 0 saturated carbocycles. The van der Waals surface area contributed by atoms with Gasteiger partial charge in [-0.1, -0.05) is 6.42 Å². The molecule has 0 fully saturated rings. The fourth-order valence-corrected chi connectivity index (χ4v) is 2.46. The Labute approximate surface area is 109 Å². The first-order valence-corrected chi connectivity index (χ1v) is 6.66. The first kappa shape index (κ1) is 12.8. The van der Waals surface area contributed by atoms with E-state index in [1.807, 2.05) is 7.05 Å². The minimum atomic E-state index is 0.192. The Bertz CT molecular complexity index is 450. The highest BCUT2D eigenvalue weighted by molar-refractivity contribution is 5.49. The van der Waals surface area contributed by atoms with Gasteiger partial charge in [-0.2, -0.15) is 5.26 Å². The number of aromatic nitrogens is 2. The summed E-state index contributed by atoms with van der Waals surface area (Å²) in [6.07, 6.45) is 8.02. The number of fused-ring (bicyclic) bond motifs is 1. The Morgan fingerprint density at radius 1 is 1.33 bits per heavy atom. The molecule has 1 aromatic rings. The highest BCUT2D eigenvalue weighted by Crippen LogP contribution is 2.27. The van der Waals surface area contributed by atoms with Gasteiger partial charge in [-0.25, -0.2) is 9.97 Å². The lowest BCUT2D eigenvalue weighted by atomic mass is 10.1. The lowest BCUT2D eigenvalue weighted by Gasteiger charge is -2.26. The van der Waals surface area contributed by atoms with Gasteiger partial charge in [0.2, 0.25) is 0 Å². The van der Waals surface area contributed by atoms with Crippen LogP contribution in [0.2, 0.25) is 0 Å². The van der Waals surface area contributed by atoms with E-state index in [9.17, 15) is 0 Å². The minimum Gasteiger partial charge on any atom is -0.356 e. The van der Waals surface area contributed by atoms with E-state index in [1.165, 1.54) is 30.5 Å². The van der Waals surface area contributed by atoms with Gasteiger partial charge in [0, 0.05) is 24.3 Å². The van der Waals surface area contributed by atoms with E-state index < -0.39 is 0 Å². The highest BCUT2D eigenvalue weighted by atomic mass is 15.2. The lowest BCUT2D eigenvalue weighted by Crippen LogP contribution is -2.30. The molecular formula is C14H20N4. The maximum absolute atomic E-state index is 8.81. The molecule has 4 nitrogen and oxygen atoms in total. The maximum Gasteiger partial charge on any atom is 0.135 e. The van der Waals surface area contributed by atoms with E-state index >= 15 is 0 Å². The molecule has 0 aliphatic heterocycles. The summed E-state index contributed by atoms with van der Waals surface area (Å²) in [4.78, 5) is 11.0. The van der Waals surface area contributed by atoms with Gasteiger partial charge in [0.25, 0.3) is 0 Å². The van der Waals surface area contributed by atoms with Crippen molar-refractivity contribution in [1.29, 1.82) is 5.26 Å². The van der Waals surface area contributed by atoms with Gasteiger partial charge >= 0.3 is 0 Å². The molecule has 1 aliphatic rings. The van der Waals surface area contributed by atoms with E-state index in [2.05, 4.69) is 27.9 Å². The molecule has 1 aliphatic carbocycles. The third kappa shape index (κ3) is 2.61. The third-order valence-corrected chi connectivity index (χ3v) is 3.73. The summed E-state index contributed by atoms with van der Waals surface area (Å²) in [5, 5.41) is 8.81. The van der Waals surface area contributed by atoms with Gasteiger partial charge in [-0.05, 0) is 32.6 Å². The average Bonchev–Trinajstić information content (AvgIpc) is 2.62. The molecule has 1 atom stereocenters. The maximum atomic E-state index is 8.81. The van der Waals surface area contributed by atoms with Gasteiger partial charge in [0.15, 0.2) is 0 Å². The van der Waals surface area contributed by atoms with Crippen LogP contribution in [-0.4, -0.2) is 23.1 Å². The zero-order chi connectivity index (χ0) is 13.0. The van der Waals surface area contributed by atoms with Crippen LogP contribution in [0.15, 0.2) is 6.33 Å². The Morgan fingerprint density at radius 3 is 2.89 bits per heavy atom. The zero-order valence-electron chi connectivity index (χ0n) is 11.2. The van der Waals surface area contributed by atoms with Gasteiger partial charge in [0.1, 0.15) is 12.1 Å². The Kier molecular flexibility index (Phi) is 4.14. The number of nitriles is 1. The van der Waals surface area contributed by atoms with Gasteiger partial charge in [0.05, 0.1) is 12.5 Å². The molecule has 0 amide bonds. The zero-order valence-corrected chi connectivity index (χ0v) is 11.2. The molecule has 4 heteroatoms. The Balaban J connectivity index is 2.30. The second-order valence-corrected chi connectivity index (χ2v) is 5.01. The van der Waals surface area contributed by atoms with Gasteiger partial charge in [-0.3, -0.25) is 0 Å². The molecule has 0 spiro atoms. The smallest absolute Gasteiger partial charge is 0.135 e. The second kappa shape index (κ2) is 5.81. The summed E-state index contributed by atoms with van der Waals surface area (Å²) in [6, 6.07) is 2.42. The monoisotopic (exact) mass is 244 g/mol. The summed E-state index contributed by atoms with van der Waals surface area (Å²) < 4.78 is 0. The highest BCUT2D eigenvalue weighted by Gasteiger charge is 2.19. The largest absolute Gasteiger partial charge is 0.356 e. The Hall–Kier alpha value is -1.63. The van der Waals surface area contributed by atoms with Crippen molar-refractivity contribution in [3.05, 3.63) is 17.6 Å². The molecule has 1 aromatic heterocycles. The van der Waals surface area contributed by atoms with Crippen LogP contribution < -0.4 is 4.90 Å². The predicted molar refractivity (Wildman–Crippen MR) is 71.4 cm³/mol. The van der Waals surface area contributed by atoms with Crippen LogP contribution in [0.25, 0.3) is 0 Å². The summed E-state index contributed by atoms with van der Waals surface area (Å²) >= 11 is 0. The van der Waals surface area contributed by atoms with Crippen LogP contribution >= 0.6 is 0 Å². The topological polar surface area (TPSA) is 52.8 Å². The van der Waals surface area contributed by atoms with Crippen LogP contribution in [0, 0.1) is 11.3 Å². The molecule has 96 valence electrons. The fraction of sp³-hybridized carbons (Fsp3) is 0.643. The molecule has 2 rings (SSSR count). The number of aryl methyl sites for hydroxylation is 1. The first-order chi connectivity index (χ1) is 8.74. The van der Waals surface area contributed by atoms with Crippen LogP contribution in [0.3, 0.4) is 0 Å². The molecule has 0 radical (unpaired) electrons. The third-order valence-electron chi connectivity index (χ3n) is 3.73. The first-order valence-electron chi connectivity index (χ1n) is 6.66. The van der Waals surface area contributed by atoms with Crippen molar-refractivity contribution in [2.24, 2.45) is 0 Å². The quantitative estimate of drug-likeness (QED) is 0.766. The fourth-order valence-electron chi connectivity index (χ4n) is 2.46. The van der Waals surface area contributed by atoms with Crippen molar-refractivity contribution in [2.45, 2.75) is 51.5 Å². The minimum absolute atomic E-state index is 0.192. The predicted octanol–water partition coefficient (Wildman–Crippen LogP) is 2.48. The molecular weight excluding hydrogens is 224 g/mol. The van der Waals surface area contributed by atoms with Crippen molar-refractivity contribution >= 4 is 5.82 Å². The number of anilines is 1. The molecule has 0 bridgehead atoms. The van der Waals surface area contributed by atoms with E-state index in [0.717, 1.165) is 18.7 Å². The van der Waals surface area contributed by atoms with Crippen molar-refractivity contribution in [3.63, 3.8) is 0 Å². The van der Waals surface area contributed by atoms with E-state index in [-0.39, 0.29) is 6.04 Å². The van der Waals surface area contributed by atoms with Gasteiger partial charge in [-0.15, -0.1) is 0 Å². The Morgan fingerprint density at radius 2 is 2.11 bits per heavy atom. The number of nitrogens with zero attached hydrogens (tertiary/aromatic N) is 4. The molecule has 0 N–H and O–H groups in total. The van der Waals surface area contributed by atoms with Crippen LogP contribution in [0.5, 0.6) is 0 Å². The molecule has 1 heterocycles. The average molecular weight is 244 g/mol. The van der Waals surface area contributed by atoms with Gasteiger partial charge < -0.3 is 4.90 Å². The molecule has 1 unspecified atom stereocenters. The number of hydrogen-bond acceptors (Lipinski definition) is 4. The summed E-state index contributed by atoms with van der Waals surface area (Å²) in [7, 11) is 2.02. The standard InChI is InChI=1S/C14H20N4/c1-11(8-9-15)18(2)14-12-6-4-3-5-7-13(12)16-10-17-14/h10-11H,3-8H2,1-2H3. The van der Waals surface area contributed by atoms with Crippen molar-refractivity contribution in [1.82, 2.24) is 9.97 Å². The van der Waals surface area contributed by atoms with Crippen LogP contribution in [0.4, 0.5) is 5.82 Å². The molecule has 18 heavy (non-hydrogen) atoms. The van der Waals surface area contributed by atoms with Crippen molar-refractivity contribution in [2.75, 3.05) is 11.9 Å². The van der Waals surface area contributed by atoms with Crippen molar-refractivity contribution in [3.8, 4) is 6.07 Å². The van der Waals surface area contributed by atoms with Crippen molar-refractivity contribution < 1.29 is 0 Å². The van der Waals surface area contributed by atoms with E-state index in [0.29, 0.717) is 6.42 Å². The van der Waals surface area contributed by atoms with Crippen LogP contribution in [0.1, 0.15) is 43.9 Å². The summed E-state index contributed by atoms with van der Waals surface area (Å²) in [6.45, 7) is 2.06.